The van der Waals surface area contributed by atoms with Gasteiger partial charge in [-0.1, -0.05) is 6.92 Å². The average Bonchev–Trinajstić information content (AvgIpc) is 2.82. The predicted octanol–water partition coefficient (Wildman–Crippen LogP) is 3.10. The highest BCUT2D eigenvalue weighted by atomic mass is 16.5. The number of nitrogens with one attached hydrogen (secondary N) is 1. The smallest absolute Gasteiger partial charge is 0.310 e. The lowest BCUT2D eigenvalue weighted by atomic mass is 9.92. The number of amides is 1. The second kappa shape index (κ2) is 11.9. The first-order valence-electron chi connectivity index (χ1n) is 11.9. The van der Waals surface area contributed by atoms with Crippen molar-refractivity contribution in [2.75, 3.05) is 49.5 Å². The highest BCUT2D eigenvalue weighted by molar-refractivity contribution is 5.78. The summed E-state index contributed by atoms with van der Waals surface area (Å²) in [5.41, 5.74) is 0. The van der Waals surface area contributed by atoms with E-state index in [-0.39, 0.29) is 17.8 Å². The Labute approximate surface area is 185 Å². The zero-order valence-corrected chi connectivity index (χ0v) is 19.0. The molecule has 2 saturated heterocycles. The molecule has 0 aliphatic carbocycles. The second-order valence-electron chi connectivity index (χ2n) is 8.61. The van der Waals surface area contributed by atoms with Gasteiger partial charge in [0.2, 0.25) is 5.91 Å². The zero-order valence-electron chi connectivity index (χ0n) is 19.0. The van der Waals surface area contributed by atoms with E-state index < -0.39 is 0 Å². The van der Waals surface area contributed by atoms with Gasteiger partial charge >= 0.3 is 5.97 Å². The molecule has 8 heteroatoms. The van der Waals surface area contributed by atoms with Gasteiger partial charge in [0.05, 0.1) is 12.5 Å². The minimum Gasteiger partial charge on any atom is -0.466 e. The quantitative estimate of drug-likeness (QED) is 0.601. The number of carbonyl (C=O) groups is 2. The summed E-state index contributed by atoms with van der Waals surface area (Å²) in [6.07, 6.45) is 8.02. The average molecular weight is 432 g/mol. The minimum atomic E-state index is -0.170. The van der Waals surface area contributed by atoms with Gasteiger partial charge in [0.1, 0.15) is 18.0 Å². The van der Waals surface area contributed by atoms with Crippen molar-refractivity contribution in [3.05, 3.63) is 12.4 Å². The Kier molecular flexibility index (Phi) is 8.91. The molecule has 0 bridgehead atoms. The first-order chi connectivity index (χ1) is 15.1. The van der Waals surface area contributed by atoms with Crippen molar-refractivity contribution < 1.29 is 14.3 Å². The van der Waals surface area contributed by atoms with Crippen LogP contribution in [0.25, 0.3) is 0 Å². The molecule has 3 rings (SSSR count). The van der Waals surface area contributed by atoms with Crippen molar-refractivity contribution >= 4 is 23.5 Å². The van der Waals surface area contributed by atoms with Gasteiger partial charge in [-0.25, -0.2) is 9.97 Å². The van der Waals surface area contributed by atoms with E-state index in [1.807, 2.05) is 17.9 Å². The van der Waals surface area contributed by atoms with Crippen molar-refractivity contribution in [1.82, 2.24) is 14.9 Å². The number of anilines is 2. The van der Waals surface area contributed by atoms with Gasteiger partial charge in [-0.3, -0.25) is 9.59 Å². The maximum absolute atomic E-state index is 12.8. The standard InChI is InChI=1S/C23H37N5O3/c1-3-11-24-20-14-21(26-17-25-20)27-12-5-7-18(15-27)9-10-22(29)28-13-6-8-19(16-28)23(30)31-4-2/h14,17-19H,3-13,15-16H2,1-2H3,(H,24,25,26)/t18-,19-/m0/s1. The molecule has 1 amide bonds. The Balaban J connectivity index is 1.48. The maximum atomic E-state index is 12.8. The minimum absolute atomic E-state index is 0.166. The molecule has 2 atom stereocenters. The highest BCUT2D eigenvalue weighted by Gasteiger charge is 2.30. The summed E-state index contributed by atoms with van der Waals surface area (Å²) >= 11 is 0. The van der Waals surface area contributed by atoms with Crippen molar-refractivity contribution in [3.63, 3.8) is 0 Å². The number of esters is 1. The van der Waals surface area contributed by atoms with Gasteiger partial charge in [-0.05, 0) is 51.4 Å². The monoisotopic (exact) mass is 431 g/mol. The molecule has 0 saturated carbocycles. The normalized spacial score (nSPS) is 21.6. The second-order valence-corrected chi connectivity index (χ2v) is 8.61. The predicted molar refractivity (Wildman–Crippen MR) is 121 cm³/mol. The van der Waals surface area contributed by atoms with Gasteiger partial charge in [-0.15, -0.1) is 0 Å². The fourth-order valence-corrected chi connectivity index (χ4v) is 4.52. The van der Waals surface area contributed by atoms with E-state index in [1.54, 1.807) is 6.33 Å². The van der Waals surface area contributed by atoms with E-state index in [0.29, 0.717) is 25.5 Å². The Morgan fingerprint density at radius 1 is 1.16 bits per heavy atom. The van der Waals surface area contributed by atoms with E-state index in [1.165, 1.54) is 0 Å². The van der Waals surface area contributed by atoms with Crippen LogP contribution in [0.5, 0.6) is 0 Å². The summed E-state index contributed by atoms with van der Waals surface area (Å²) in [5, 5.41) is 3.32. The van der Waals surface area contributed by atoms with Gasteiger partial charge in [0, 0.05) is 45.2 Å². The lowest BCUT2D eigenvalue weighted by Crippen LogP contribution is -2.43. The first kappa shape index (κ1) is 23.3. The van der Waals surface area contributed by atoms with Crippen LogP contribution in [0.1, 0.15) is 58.8 Å². The fraction of sp³-hybridized carbons (Fsp3) is 0.739. The molecule has 2 fully saturated rings. The molecule has 0 spiro atoms. The van der Waals surface area contributed by atoms with Crippen LogP contribution in [0.2, 0.25) is 0 Å². The van der Waals surface area contributed by atoms with E-state index in [2.05, 4.69) is 27.1 Å². The van der Waals surface area contributed by atoms with Crippen LogP contribution in [-0.4, -0.2) is 66.1 Å². The number of carbonyl (C=O) groups excluding carboxylic acids is 2. The summed E-state index contributed by atoms with van der Waals surface area (Å²) in [6.45, 7) is 8.40. The van der Waals surface area contributed by atoms with Crippen molar-refractivity contribution in [2.24, 2.45) is 11.8 Å². The fourth-order valence-electron chi connectivity index (χ4n) is 4.52. The van der Waals surface area contributed by atoms with Crippen LogP contribution >= 0.6 is 0 Å². The molecule has 0 radical (unpaired) electrons. The third-order valence-corrected chi connectivity index (χ3v) is 6.21. The number of aromatic nitrogens is 2. The Morgan fingerprint density at radius 3 is 2.81 bits per heavy atom. The molecule has 1 aromatic rings. The van der Waals surface area contributed by atoms with Crippen LogP contribution in [0, 0.1) is 11.8 Å². The van der Waals surface area contributed by atoms with E-state index in [4.69, 9.17) is 4.74 Å². The van der Waals surface area contributed by atoms with Gasteiger partial charge in [0.15, 0.2) is 0 Å². The van der Waals surface area contributed by atoms with Crippen molar-refractivity contribution in [1.29, 1.82) is 0 Å². The Hall–Kier alpha value is -2.38. The summed E-state index contributed by atoms with van der Waals surface area (Å²) in [4.78, 5) is 37.8. The maximum Gasteiger partial charge on any atom is 0.310 e. The van der Waals surface area contributed by atoms with E-state index in [9.17, 15) is 9.59 Å². The van der Waals surface area contributed by atoms with Crippen molar-refractivity contribution in [3.8, 4) is 0 Å². The van der Waals surface area contributed by atoms with Gasteiger partial charge < -0.3 is 19.9 Å². The molecule has 2 aliphatic rings. The highest BCUT2D eigenvalue weighted by Crippen LogP contribution is 2.26. The Morgan fingerprint density at radius 2 is 2.00 bits per heavy atom. The molecule has 2 aliphatic heterocycles. The van der Waals surface area contributed by atoms with Crippen LogP contribution in [0.15, 0.2) is 12.4 Å². The number of ether oxygens (including phenoxy) is 1. The lowest BCUT2D eigenvalue weighted by molar-refractivity contribution is -0.151. The molecule has 8 nitrogen and oxygen atoms in total. The molecule has 3 heterocycles. The van der Waals surface area contributed by atoms with Crippen LogP contribution in [-0.2, 0) is 14.3 Å². The largest absolute Gasteiger partial charge is 0.466 e. The Bertz CT molecular complexity index is 729. The summed E-state index contributed by atoms with van der Waals surface area (Å²) in [5.74, 6) is 2.13. The molecule has 31 heavy (non-hydrogen) atoms. The van der Waals surface area contributed by atoms with E-state index in [0.717, 1.165) is 76.3 Å². The summed E-state index contributed by atoms with van der Waals surface area (Å²) in [7, 11) is 0. The molecule has 1 N–H and O–H groups in total. The third kappa shape index (κ3) is 6.80. The number of piperidine rings is 2. The number of rotatable bonds is 9. The molecular weight excluding hydrogens is 394 g/mol. The third-order valence-electron chi connectivity index (χ3n) is 6.21. The number of nitrogens with zero attached hydrogens (tertiary/aromatic N) is 4. The number of likely N-dealkylation sites (tertiary alicyclic amines) is 1. The van der Waals surface area contributed by atoms with Crippen LogP contribution < -0.4 is 10.2 Å². The molecule has 0 aromatic carbocycles. The molecule has 172 valence electrons. The van der Waals surface area contributed by atoms with Gasteiger partial charge in [0.25, 0.3) is 0 Å². The lowest BCUT2D eigenvalue weighted by Gasteiger charge is -2.35. The van der Waals surface area contributed by atoms with Crippen LogP contribution in [0.4, 0.5) is 11.6 Å². The van der Waals surface area contributed by atoms with Gasteiger partial charge in [-0.2, -0.15) is 0 Å². The first-order valence-corrected chi connectivity index (χ1v) is 11.9. The number of hydrogen-bond acceptors (Lipinski definition) is 7. The molecular formula is C23H37N5O3. The summed E-state index contributed by atoms with van der Waals surface area (Å²) < 4.78 is 5.15. The van der Waals surface area contributed by atoms with Crippen LogP contribution in [0.3, 0.4) is 0 Å². The number of hydrogen-bond donors (Lipinski definition) is 1. The zero-order chi connectivity index (χ0) is 22.1. The SMILES string of the molecule is CCCNc1cc(N2CCC[C@@H](CCC(=O)N3CCC[C@H](C(=O)OCC)C3)C2)ncn1. The topological polar surface area (TPSA) is 87.7 Å². The molecule has 1 aromatic heterocycles. The van der Waals surface area contributed by atoms with E-state index >= 15 is 0 Å². The van der Waals surface area contributed by atoms with Crippen molar-refractivity contribution in [2.45, 2.75) is 58.8 Å². The molecule has 0 unspecified atom stereocenters. The summed E-state index contributed by atoms with van der Waals surface area (Å²) in [6, 6.07) is 2.02.